The number of methoxy groups -OCH3 is 1. The minimum Gasteiger partial charge on any atom is -0.496 e. The Morgan fingerprint density at radius 3 is 2.73 bits per heavy atom. The van der Waals surface area contributed by atoms with Crippen LogP contribution in [0, 0.1) is 0 Å². The molecule has 2 rings (SSSR count). The lowest BCUT2D eigenvalue weighted by Crippen LogP contribution is -2.42. The van der Waals surface area contributed by atoms with Crippen LogP contribution in [-0.2, 0) is 0 Å². The Kier molecular flexibility index (Phi) is 6.31. The highest BCUT2D eigenvalue weighted by Crippen LogP contribution is 2.26. The minimum atomic E-state index is 0.313. The first-order chi connectivity index (χ1) is 10.7. The molecule has 4 nitrogen and oxygen atoms in total. The summed E-state index contributed by atoms with van der Waals surface area (Å²) in [5.41, 5.74) is 1.20. The first kappa shape index (κ1) is 16.4. The molecule has 0 amide bonds. The van der Waals surface area contributed by atoms with Crippen molar-refractivity contribution in [1.29, 1.82) is 0 Å². The van der Waals surface area contributed by atoms with Crippen molar-refractivity contribution < 1.29 is 4.74 Å². The van der Waals surface area contributed by atoms with Gasteiger partial charge in [0.2, 0.25) is 0 Å². The van der Waals surface area contributed by atoms with Gasteiger partial charge in [0.05, 0.1) is 7.11 Å². The van der Waals surface area contributed by atoms with Gasteiger partial charge >= 0.3 is 0 Å². The maximum Gasteiger partial charge on any atom is 0.191 e. The Bertz CT molecular complexity index is 517. The van der Waals surface area contributed by atoms with Crippen molar-refractivity contribution in [2.75, 3.05) is 20.2 Å². The molecule has 1 aliphatic carbocycles. The lowest BCUT2D eigenvalue weighted by molar-refractivity contribution is 0.406. The average Bonchev–Trinajstić information content (AvgIpc) is 3.05. The van der Waals surface area contributed by atoms with Crippen LogP contribution < -0.4 is 15.4 Å². The molecular formula is C18H27N3O. The van der Waals surface area contributed by atoms with Gasteiger partial charge in [-0.3, -0.25) is 4.99 Å². The summed E-state index contributed by atoms with van der Waals surface area (Å²) in [6, 6.07) is 8.63. The lowest BCUT2D eigenvalue weighted by Gasteiger charge is -2.18. The highest BCUT2D eigenvalue weighted by Gasteiger charge is 2.13. The zero-order chi connectivity index (χ0) is 15.8. The summed E-state index contributed by atoms with van der Waals surface area (Å²) >= 11 is 0. The minimum absolute atomic E-state index is 0.313. The van der Waals surface area contributed by atoms with Crippen LogP contribution in [0.4, 0.5) is 0 Å². The van der Waals surface area contributed by atoms with Gasteiger partial charge in [0.15, 0.2) is 5.96 Å². The molecule has 22 heavy (non-hydrogen) atoms. The van der Waals surface area contributed by atoms with Gasteiger partial charge in [-0.25, -0.2) is 0 Å². The van der Waals surface area contributed by atoms with Crippen LogP contribution in [0.15, 0.2) is 41.4 Å². The number of guanidine groups is 1. The van der Waals surface area contributed by atoms with Crippen LogP contribution in [0.1, 0.15) is 38.2 Å². The number of hydrogen-bond acceptors (Lipinski definition) is 2. The molecule has 0 aliphatic heterocycles. The number of para-hydroxylation sites is 1. The molecule has 1 aliphatic rings. The standard InChI is InChI=1S/C18H27N3O/c1-4-19-18(21-15-9-5-6-10-15)20-13-14(2)16-11-7-8-12-17(16)22-3/h5-8,11-12,14-15H,4,9-10,13H2,1-3H3,(H2,19,20,21). The second kappa shape index (κ2) is 8.47. The fourth-order valence-corrected chi connectivity index (χ4v) is 2.65. The number of benzene rings is 1. The number of ether oxygens (including phenoxy) is 1. The van der Waals surface area contributed by atoms with E-state index < -0.39 is 0 Å². The summed E-state index contributed by atoms with van der Waals surface area (Å²) in [4.78, 5) is 4.74. The van der Waals surface area contributed by atoms with Crippen molar-refractivity contribution in [1.82, 2.24) is 10.6 Å². The van der Waals surface area contributed by atoms with Gasteiger partial charge in [0, 0.05) is 25.0 Å². The van der Waals surface area contributed by atoms with E-state index >= 15 is 0 Å². The Labute approximate surface area is 133 Å². The molecule has 1 aromatic carbocycles. The summed E-state index contributed by atoms with van der Waals surface area (Å²) in [7, 11) is 1.72. The van der Waals surface area contributed by atoms with E-state index in [-0.39, 0.29) is 0 Å². The molecule has 1 atom stereocenters. The van der Waals surface area contributed by atoms with Crippen LogP contribution in [-0.4, -0.2) is 32.2 Å². The molecule has 120 valence electrons. The fourth-order valence-electron chi connectivity index (χ4n) is 2.65. The number of hydrogen-bond donors (Lipinski definition) is 2. The summed E-state index contributed by atoms with van der Waals surface area (Å²) in [5, 5.41) is 6.82. The number of nitrogens with one attached hydrogen (secondary N) is 2. The predicted molar refractivity (Wildman–Crippen MR) is 92.7 cm³/mol. The Morgan fingerprint density at radius 2 is 2.05 bits per heavy atom. The van der Waals surface area contributed by atoms with Crippen molar-refractivity contribution >= 4 is 5.96 Å². The van der Waals surface area contributed by atoms with E-state index in [0.717, 1.165) is 37.6 Å². The van der Waals surface area contributed by atoms with Crippen LogP contribution >= 0.6 is 0 Å². The first-order valence-electron chi connectivity index (χ1n) is 8.07. The van der Waals surface area contributed by atoms with Crippen molar-refractivity contribution in [3.63, 3.8) is 0 Å². The summed E-state index contributed by atoms with van der Waals surface area (Å²) in [6.07, 6.45) is 6.59. The molecule has 0 aromatic heterocycles. The molecule has 0 heterocycles. The van der Waals surface area contributed by atoms with Gasteiger partial charge in [-0.05, 0) is 31.4 Å². The topological polar surface area (TPSA) is 45.7 Å². The second-order valence-electron chi connectivity index (χ2n) is 5.65. The Hall–Kier alpha value is -1.97. The number of nitrogens with zero attached hydrogens (tertiary/aromatic N) is 1. The lowest BCUT2D eigenvalue weighted by atomic mass is 10.0. The van der Waals surface area contributed by atoms with Crippen molar-refractivity contribution in [2.45, 2.75) is 38.6 Å². The van der Waals surface area contributed by atoms with Crippen LogP contribution in [0.5, 0.6) is 5.75 Å². The van der Waals surface area contributed by atoms with E-state index in [2.05, 4.69) is 42.7 Å². The number of aliphatic imine (C=N–C) groups is 1. The number of rotatable bonds is 6. The van der Waals surface area contributed by atoms with Gasteiger partial charge in [-0.2, -0.15) is 0 Å². The average molecular weight is 301 g/mol. The van der Waals surface area contributed by atoms with Gasteiger partial charge in [-0.15, -0.1) is 0 Å². The van der Waals surface area contributed by atoms with Gasteiger partial charge in [0.25, 0.3) is 0 Å². The van der Waals surface area contributed by atoms with Gasteiger partial charge in [0.1, 0.15) is 5.75 Å². The molecule has 0 radical (unpaired) electrons. The summed E-state index contributed by atoms with van der Waals surface area (Å²) in [5.74, 6) is 2.15. The smallest absolute Gasteiger partial charge is 0.191 e. The molecule has 0 fully saturated rings. The molecule has 0 bridgehead atoms. The Balaban J connectivity index is 1.99. The molecule has 0 spiro atoms. The van der Waals surface area contributed by atoms with Crippen molar-refractivity contribution in [3.8, 4) is 5.75 Å². The van der Waals surface area contributed by atoms with E-state index in [9.17, 15) is 0 Å². The maximum atomic E-state index is 5.44. The van der Waals surface area contributed by atoms with E-state index in [0.29, 0.717) is 12.0 Å². The van der Waals surface area contributed by atoms with Gasteiger partial charge < -0.3 is 15.4 Å². The summed E-state index contributed by atoms with van der Waals surface area (Å²) < 4.78 is 5.44. The normalized spacial score (nSPS) is 16.6. The largest absolute Gasteiger partial charge is 0.496 e. The monoisotopic (exact) mass is 301 g/mol. The maximum absolute atomic E-state index is 5.44. The predicted octanol–water partition coefficient (Wildman–Crippen LogP) is 3.07. The fraction of sp³-hybridized carbons (Fsp3) is 0.500. The molecule has 0 saturated carbocycles. The second-order valence-corrected chi connectivity index (χ2v) is 5.65. The van der Waals surface area contributed by atoms with Crippen molar-refractivity contribution in [3.05, 3.63) is 42.0 Å². The Morgan fingerprint density at radius 1 is 1.32 bits per heavy atom. The highest BCUT2D eigenvalue weighted by atomic mass is 16.5. The van der Waals surface area contributed by atoms with Crippen LogP contribution in [0.3, 0.4) is 0 Å². The highest BCUT2D eigenvalue weighted by molar-refractivity contribution is 5.80. The molecule has 1 aromatic rings. The van der Waals surface area contributed by atoms with E-state index in [4.69, 9.17) is 9.73 Å². The summed E-state index contributed by atoms with van der Waals surface area (Å²) in [6.45, 7) is 5.88. The third-order valence-electron chi connectivity index (χ3n) is 3.89. The molecule has 2 N–H and O–H groups in total. The first-order valence-corrected chi connectivity index (χ1v) is 8.07. The van der Waals surface area contributed by atoms with Crippen LogP contribution in [0.25, 0.3) is 0 Å². The van der Waals surface area contributed by atoms with Crippen molar-refractivity contribution in [2.24, 2.45) is 4.99 Å². The third-order valence-corrected chi connectivity index (χ3v) is 3.89. The van der Waals surface area contributed by atoms with E-state index in [1.165, 1.54) is 5.56 Å². The van der Waals surface area contributed by atoms with Gasteiger partial charge in [-0.1, -0.05) is 37.3 Å². The van der Waals surface area contributed by atoms with E-state index in [1.807, 2.05) is 18.2 Å². The molecule has 4 heteroatoms. The third kappa shape index (κ3) is 4.52. The zero-order valence-corrected chi connectivity index (χ0v) is 13.8. The van der Waals surface area contributed by atoms with Crippen LogP contribution in [0.2, 0.25) is 0 Å². The quantitative estimate of drug-likeness (QED) is 0.482. The SMILES string of the molecule is CCNC(=NCC(C)c1ccccc1OC)NC1CC=CC1. The molecule has 0 saturated heterocycles. The molecular weight excluding hydrogens is 274 g/mol. The molecule has 1 unspecified atom stereocenters. The van der Waals surface area contributed by atoms with E-state index in [1.54, 1.807) is 7.11 Å². The zero-order valence-electron chi connectivity index (χ0n) is 13.8.